The Morgan fingerprint density at radius 3 is 2.88 bits per heavy atom. The molecule has 1 aromatic carbocycles. The maximum Gasteiger partial charge on any atom is 0.198 e. The molecule has 1 saturated heterocycles. The van der Waals surface area contributed by atoms with Crippen molar-refractivity contribution in [3.05, 3.63) is 45.2 Å². The van der Waals surface area contributed by atoms with Gasteiger partial charge in [0.05, 0.1) is 18.2 Å². The van der Waals surface area contributed by atoms with Crippen LogP contribution in [0.4, 0.5) is 0 Å². The molecule has 0 bridgehead atoms. The summed E-state index contributed by atoms with van der Waals surface area (Å²) in [7, 11) is 0. The quantitative estimate of drug-likeness (QED) is 0.870. The van der Waals surface area contributed by atoms with Gasteiger partial charge in [-0.1, -0.05) is 19.4 Å². The molecule has 2 N–H and O–H groups in total. The number of nitrogens with one attached hydrogen (secondary N) is 2. The van der Waals surface area contributed by atoms with Gasteiger partial charge < -0.3 is 9.88 Å². The molecule has 1 aliphatic rings. The molecule has 1 fully saturated rings. The number of H-pyrrole nitrogens is 1. The molecule has 2 heterocycles. The van der Waals surface area contributed by atoms with Crippen LogP contribution < -0.4 is 10.3 Å². The molecular weight excluding hydrogens is 296 g/mol. The van der Waals surface area contributed by atoms with Gasteiger partial charge in [0.2, 0.25) is 0 Å². The van der Waals surface area contributed by atoms with E-state index in [1.165, 1.54) is 44.2 Å². The lowest BCUT2D eigenvalue weighted by Crippen LogP contribution is -3.15. The fraction of sp³-hybridized carbons (Fsp3) is 0.571. The first-order chi connectivity index (χ1) is 11.6. The van der Waals surface area contributed by atoms with Gasteiger partial charge in [0, 0.05) is 16.6 Å². The lowest BCUT2D eigenvalue weighted by molar-refractivity contribution is -0.942. The molecular formula is C21H31N2O+. The van der Waals surface area contributed by atoms with Gasteiger partial charge in [-0.05, 0) is 63.6 Å². The molecule has 0 amide bonds. The minimum Gasteiger partial charge on any atom is -0.358 e. The zero-order chi connectivity index (χ0) is 17.1. The van der Waals surface area contributed by atoms with Crippen molar-refractivity contribution in [3.63, 3.8) is 0 Å². The molecule has 2 aromatic rings. The molecule has 2 atom stereocenters. The van der Waals surface area contributed by atoms with Crippen LogP contribution in [0.15, 0.2) is 23.0 Å². The second kappa shape index (κ2) is 7.52. The first kappa shape index (κ1) is 17.2. The van der Waals surface area contributed by atoms with E-state index in [1.54, 1.807) is 4.90 Å². The van der Waals surface area contributed by atoms with Crippen LogP contribution in [-0.2, 0) is 13.0 Å². The zero-order valence-electron chi connectivity index (χ0n) is 15.4. The second-order valence-electron chi connectivity index (χ2n) is 7.52. The van der Waals surface area contributed by atoms with Crippen LogP contribution in [0.2, 0.25) is 0 Å². The average Bonchev–Trinajstić information content (AvgIpc) is 2.58. The second-order valence-corrected chi connectivity index (χ2v) is 7.52. The Kier molecular flexibility index (Phi) is 5.40. The SMILES string of the molecule is CCCCc1ccc2[nH]c(C)c(C[NH+]3CCCC[C@@H]3C)c(=O)c2c1. The highest BCUT2D eigenvalue weighted by Gasteiger charge is 2.24. The van der Waals surface area contributed by atoms with Gasteiger partial charge in [-0.2, -0.15) is 0 Å². The minimum absolute atomic E-state index is 0.241. The molecule has 3 nitrogen and oxygen atoms in total. The largest absolute Gasteiger partial charge is 0.358 e. The Labute approximate surface area is 145 Å². The summed E-state index contributed by atoms with van der Waals surface area (Å²) in [6, 6.07) is 7.01. The molecule has 130 valence electrons. The van der Waals surface area contributed by atoms with E-state index in [9.17, 15) is 4.79 Å². The molecule has 0 saturated carbocycles. The number of likely N-dealkylation sites (tertiary alicyclic amines) is 1. The minimum atomic E-state index is 0.241. The summed E-state index contributed by atoms with van der Waals surface area (Å²) in [6.07, 6.45) is 7.32. The third-order valence-corrected chi connectivity index (χ3v) is 5.68. The first-order valence-corrected chi connectivity index (χ1v) is 9.59. The fourth-order valence-electron chi connectivity index (χ4n) is 3.99. The number of hydrogen-bond acceptors (Lipinski definition) is 1. The number of aromatic nitrogens is 1. The van der Waals surface area contributed by atoms with Crippen LogP contribution in [0.1, 0.15) is 62.8 Å². The maximum absolute atomic E-state index is 13.1. The lowest BCUT2D eigenvalue weighted by Gasteiger charge is -2.30. The van der Waals surface area contributed by atoms with Crippen molar-refractivity contribution >= 4 is 10.9 Å². The van der Waals surface area contributed by atoms with Crippen LogP contribution >= 0.6 is 0 Å². The molecule has 3 heteroatoms. The number of benzene rings is 1. The summed E-state index contributed by atoms with van der Waals surface area (Å²) in [5.74, 6) is 0. The number of unbranched alkanes of at least 4 members (excludes halogenated alkanes) is 1. The zero-order valence-corrected chi connectivity index (χ0v) is 15.4. The third-order valence-electron chi connectivity index (χ3n) is 5.68. The molecule has 0 radical (unpaired) electrons. The van der Waals surface area contributed by atoms with E-state index in [0.29, 0.717) is 6.04 Å². The van der Waals surface area contributed by atoms with Gasteiger partial charge in [0.1, 0.15) is 6.54 Å². The van der Waals surface area contributed by atoms with Crippen LogP contribution in [0.25, 0.3) is 10.9 Å². The Bertz CT molecular complexity index is 762. The number of piperidine rings is 1. The van der Waals surface area contributed by atoms with E-state index in [1.807, 2.05) is 0 Å². The van der Waals surface area contributed by atoms with Gasteiger partial charge in [0.15, 0.2) is 5.43 Å². The van der Waals surface area contributed by atoms with Crippen molar-refractivity contribution in [1.29, 1.82) is 0 Å². The standard InChI is InChI=1S/C21H30N2O/c1-4-5-9-17-10-11-20-18(13-17)21(24)19(16(3)22-20)14-23-12-7-6-8-15(23)2/h10-11,13,15H,4-9,12,14H2,1-3H3,(H,22,24)/p+1/t15-/m0/s1. The van der Waals surface area contributed by atoms with Crippen LogP contribution in [0, 0.1) is 6.92 Å². The molecule has 1 aromatic heterocycles. The monoisotopic (exact) mass is 327 g/mol. The highest BCUT2D eigenvalue weighted by atomic mass is 16.1. The Morgan fingerprint density at radius 1 is 1.29 bits per heavy atom. The molecule has 0 spiro atoms. The highest BCUT2D eigenvalue weighted by molar-refractivity contribution is 5.80. The van der Waals surface area contributed by atoms with Gasteiger partial charge >= 0.3 is 0 Å². The van der Waals surface area contributed by atoms with E-state index in [4.69, 9.17) is 0 Å². The van der Waals surface area contributed by atoms with Crippen LogP contribution in [0.5, 0.6) is 0 Å². The topological polar surface area (TPSA) is 37.3 Å². The van der Waals surface area contributed by atoms with Crippen LogP contribution in [-0.4, -0.2) is 17.6 Å². The number of quaternary nitrogens is 1. The van der Waals surface area contributed by atoms with Crippen molar-refractivity contribution < 1.29 is 4.90 Å². The van der Waals surface area contributed by atoms with E-state index >= 15 is 0 Å². The Morgan fingerprint density at radius 2 is 2.12 bits per heavy atom. The van der Waals surface area contributed by atoms with Crippen molar-refractivity contribution in [1.82, 2.24) is 4.98 Å². The smallest absolute Gasteiger partial charge is 0.198 e. The molecule has 3 rings (SSSR count). The lowest BCUT2D eigenvalue weighted by atomic mass is 10.0. The average molecular weight is 327 g/mol. The van der Waals surface area contributed by atoms with Gasteiger partial charge in [-0.15, -0.1) is 0 Å². The van der Waals surface area contributed by atoms with Gasteiger partial charge in [-0.3, -0.25) is 4.79 Å². The molecule has 24 heavy (non-hydrogen) atoms. The van der Waals surface area contributed by atoms with E-state index in [-0.39, 0.29) is 5.43 Å². The Hall–Kier alpha value is -1.61. The summed E-state index contributed by atoms with van der Waals surface area (Å²) >= 11 is 0. The highest BCUT2D eigenvalue weighted by Crippen LogP contribution is 2.15. The summed E-state index contributed by atoms with van der Waals surface area (Å²) in [4.78, 5) is 18.2. The normalized spacial score (nSPS) is 21.3. The Balaban J connectivity index is 1.96. The van der Waals surface area contributed by atoms with E-state index < -0.39 is 0 Å². The number of pyridine rings is 1. The van der Waals surface area contributed by atoms with Crippen LogP contribution in [0.3, 0.4) is 0 Å². The predicted octanol–water partition coefficient (Wildman–Crippen LogP) is 3.14. The van der Waals surface area contributed by atoms with Gasteiger partial charge in [0.25, 0.3) is 0 Å². The first-order valence-electron chi connectivity index (χ1n) is 9.59. The van der Waals surface area contributed by atoms with Crippen molar-refractivity contribution in [2.75, 3.05) is 6.54 Å². The summed E-state index contributed by atoms with van der Waals surface area (Å²) in [6.45, 7) is 8.63. The molecule has 1 aliphatic heterocycles. The summed E-state index contributed by atoms with van der Waals surface area (Å²) in [5, 5.41) is 0.869. The third kappa shape index (κ3) is 3.56. The molecule has 0 aliphatic carbocycles. The number of rotatable bonds is 5. The van der Waals surface area contributed by atoms with E-state index in [2.05, 4.69) is 44.0 Å². The molecule has 1 unspecified atom stereocenters. The number of aryl methyl sites for hydroxylation is 2. The predicted molar refractivity (Wildman–Crippen MR) is 101 cm³/mol. The van der Waals surface area contributed by atoms with Crippen molar-refractivity contribution in [3.8, 4) is 0 Å². The number of aromatic amines is 1. The number of hydrogen-bond donors (Lipinski definition) is 2. The number of fused-ring (bicyclic) bond motifs is 1. The van der Waals surface area contributed by atoms with Crippen molar-refractivity contribution in [2.24, 2.45) is 0 Å². The maximum atomic E-state index is 13.1. The summed E-state index contributed by atoms with van der Waals surface area (Å²) in [5.41, 5.74) is 4.52. The van der Waals surface area contributed by atoms with Crippen molar-refractivity contribution in [2.45, 2.75) is 71.9 Å². The summed E-state index contributed by atoms with van der Waals surface area (Å²) < 4.78 is 0. The van der Waals surface area contributed by atoms with Gasteiger partial charge in [-0.25, -0.2) is 0 Å². The van der Waals surface area contributed by atoms with E-state index in [0.717, 1.165) is 35.1 Å². The fourth-order valence-corrected chi connectivity index (χ4v) is 3.99.